The lowest BCUT2D eigenvalue weighted by molar-refractivity contribution is -0.117. The van der Waals surface area contributed by atoms with Gasteiger partial charge in [0.15, 0.2) is 0 Å². The van der Waals surface area contributed by atoms with Crippen molar-refractivity contribution in [2.75, 3.05) is 18.4 Å². The normalized spacial score (nSPS) is 10.5. The zero-order chi connectivity index (χ0) is 19.3. The van der Waals surface area contributed by atoms with E-state index in [1.54, 1.807) is 29.2 Å². The molecular weight excluding hydrogens is 379 g/mol. The Hall–Kier alpha value is -2.38. The lowest BCUT2D eigenvalue weighted by Crippen LogP contribution is -2.31. The topological polar surface area (TPSA) is 84.3 Å². The van der Waals surface area contributed by atoms with E-state index in [1.165, 1.54) is 6.20 Å². The highest BCUT2D eigenvalue weighted by Gasteiger charge is 2.14. The van der Waals surface area contributed by atoms with Crippen LogP contribution in [0.15, 0.2) is 35.3 Å². The van der Waals surface area contributed by atoms with Crippen LogP contribution in [0, 0.1) is 0 Å². The molecule has 0 unspecified atom stereocenters. The van der Waals surface area contributed by atoms with E-state index >= 15 is 0 Å². The third-order valence-corrected chi connectivity index (χ3v) is 4.43. The van der Waals surface area contributed by atoms with Crippen LogP contribution in [-0.4, -0.2) is 39.6 Å². The maximum Gasteiger partial charge on any atom is 0.287 e. The Labute approximate surface area is 160 Å². The smallest absolute Gasteiger partial charge is 0.287 e. The molecule has 1 aromatic heterocycles. The molecule has 0 saturated carbocycles. The van der Waals surface area contributed by atoms with Crippen LogP contribution in [0.2, 0.25) is 10.0 Å². The Morgan fingerprint density at radius 2 is 1.92 bits per heavy atom. The summed E-state index contributed by atoms with van der Waals surface area (Å²) in [6, 6.07) is 6.60. The van der Waals surface area contributed by atoms with Gasteiger partial charge in [-0.2, -0.15) is 5.10 Å². The minimum atomic E-state index is -0.653. The first kappa shape index (κ1) is 19.9. The molecule has 7 nitrogen and oxygen atoms in total. The van der Waals surface area contributed by atoms with Gasteiger partial charge in [-0.15, -0.1) is 0 Å². The first-order chi connectivity index (χ1) is 12.4. The fourth-order valence-corrected chi connectivity index (χ4v) is 2.59. The number of benzene rings is 1. The SMILES string of the molecule is CCN(CC)C(=O)c1cccc(NC(=O)Cn2ncc(Cl)c(Cl)c2=O)c1. The number of aromatic nitrogens is 2. The molecule has 138 valence electrons. The minimum Gasteiger partial charge on any atom is -0.339 e. The van der Waals surface area contributed by atoms with Crippen molar-refractivity contribution < 1.29 is 9.59 Å². The van der Waals surface area contributed by atoms with Crippen LogP contribution in [-0.2, 0) is 11.3 Å². The van der Waals surface area contributed by atoms with Gasteiger partial charge in [0.1, 0.15) is 11.6 Å². The van der Waals surface area contributed by atoms with Crippen molar-refractivity contribution in [3.8, 4) is 0 Å². The van der Waals surface area contributed by atoms with E-state index in [4.69, 9.17) is 23.2 Å². The highest BCUT2D eigenvalue weighted by molar-refractivity contribution is 6.41. The molecule has 2 aromatic rings. The molecule has 0 atom stereocenters. The molecule has 2 amide bonds. The molecule has 0 bridgehead atoms. The predicted octanol–water partition coefficient (Wildman–Crippen LogP) is 2.67. The molecule has 1 heterocycles. The summed E-state index contributed by atoms with van der Waals surface area (Å²) in [6.45, 7) is 4.66. The number of hydrogen-bond acceptors (Lipinski definition) is 4. The van der Waals surface area contributed by atoms with Gasteiger partial charge in [-0.25, -0.2) is 4.68 Å². The van der Waals surface area contributed by atoms with Crippen molar-refractivity contribution in [3.63, 3.8) is 0 Å². The summed E-state index contributed by atoms with van der Waals surface area (Å²) >= 11 is 11.5. The minimum absolute atomic E-state index is 0.0240. The van der Waals surface area contributed by atoms with Crippen molar-refractivity contribution in [1.29, 1.82) is 0 Å². The van der Waals surface area contributed by atoms with Gasteiger partial charge in [0.2, 0.25) is 5.91 Å². The molecule has 0 radical (unpaired) electrons. The average Bonchev–Trinajstić information content (AvgIpc) is 2.63. The summed E-state index contributed by atoms with van der Waals surface area (Å²) in [5, 5.41) is 6.24. The van der Waals surface area contributed by atoms with Crippen LogP contribution in [0.1, 0.15) is 24.2 Å². The summed E-state index contributed by atoms with van der Waals surface area (Å²) in [4.78, 5) is 38.2. The highest BCUT2D eigenvalue weighted by atomic mass is 35.5. The predicted molar refractivity (Wildman–Crippen MR) is 101 cm³/mol. The number of amides is 2. The van der Waals surface area contributed by atoms with Crippen LogP contribution in [0.25, 0.3) is 0 Å². The van der Waals surface area contributed by atoms with Crippen molar-refractivity contribution >= 4 is 40.7 Å². The number of carbonyl (C=O) groups excluding carboxylic acids is 2. The summed E-state index contributed by atoms with van der Waals surface area (Å²) in [6.07, 6.45) is 1.20. The summed E-state index contributed by atoms with van der Waals surface area (Å²) in [5.74, 6) is -0.598. The first-order valence-electron chi connectivity index (χ1n) is 7.97. The molecule has 0 aliphatic rings. The lowest BCUT2D eigenvalue weighted by Gasteiger charge is -2.19. The van der Waals surface area contributed by atoms with Crippen LogP contribution in [0.3, 0.4) is 0 Å². The van der Waals surface area contributed by atoms with Crippen molar-refractivity contribution in [2.24, 2.45) is 0 Å². The Kier molecular flexibility index (Phi) is 6.76. The van der Waals surface area contributed by atoms with Gasteiger partial charge in [0.25, 0.3) is 11.5 Å². The van der Waals surface area contributed by atoms with Gasteiger partial charge in [0.05, 0.1) is 11.2 Å². The Morgan fingerprint density at radius 1 is 1.23 bits per heavy atom. The molecule has 9 heteroatoms. The van der Waals surface area contributed by atoms with E-state index in [2.05, 4.69) is 10.4 Å². The Morgan fingerprint density at radius 3 is 2.58 bits per heavy atom. The first-order valence-corrected chi connectivity index (χ1v) is 8.73. The lowest BCUT2D eigenvalue weighted by atomic mass is 10.1. The summed E-state index contributed by atoms with van der Waals surface area (Å²) in [5.41, 5.74) is 0.261. The fraction of sp³-hybridized carbons (Fsp3) is 0.294. The van der Waals surface area contributed by atoms with E-state index in [0.717, 1.165) is 4.68 Å². The molecule has 26 heavy (non-hydrogen) atoms. The van der Waals surface area contributed by atoms with Gasteiger partial charge in [-0.3, -0.25) is 14.4 Å². The van der Waals surface area contributed by atoms with Crippen LogP contribution in [0.4, 0.5) is 5.69 Å². The van der Waals surface area contributed by atoms with Crippen LogP contribution < -0.4 is 10.9 Å². The third-order valence-electron chi connectivity index (χ3n) is 3.68. The van der Waals surface area contributed by atoms with Crippen molar-refractivity contribution in [3.05, 3.63) is 56.4 Å². The van der Waals surface area contributed by atoms with E-state index in [-0.39, 0.29) is 22.5 Å². The quantitative estimate of drug-likeness (QED) is 0.813. The molecule has 1 N–H and O–H groups in total. The summed E-state index contributed by atoms with van der Waals surface area (Å²) < 4.78 is 0.911. The van der Waals surface area contributed by atoms with E-state index in [0.29, 0.717) is 24.3 Å². The number of hydrogen-bond donors (Lipinski definition) is 1. The second-order valence-corrected chi connectivity index (χ2v) is 6.16. The molecule has 0 spiro atoms. The molecule has 0 aliphatic carbocycles. The molecule has 0 saturated heterocycles. The van der Waals surface area contributed by atoms with Crippen LogP contribution >= 0.6 is 23.2 Å². The van der Waals surface area contributed by atoms with E-state index in [9.17, 15) is 14.4 Å². The van der Waals surface area contributed by atoms with Gasteiger partial charge < -0.3 is 10.2 Å². The molecule has 2 rings (SSSR count). The highest BCUT2D eigenvalue weighted by Crippen LogP contribution is 2.15. The molecular formula is C17H18Cl2N4O3. The maximum atomic E-state index is 12.4. The van der Waals surface area contributed by atoms with Crippen molar-refractivity contribution in [2.45, 2.75) is 20.4 Å². The molecule has 0 fully saturated rings. The molecule has 0 aliphatic heterocycles. The third kappa shape index (κ3) is 4.62. The number of nitrogens with one attached hydrogen (secondary N) is 1. The van der Waals surface area contributed by atoms with Crippen LogP contribution in [0.5, 0.6) is 0 Å². The number of carbonyl (C=O) groups is 2. The zero-order valence-corrected chi connectivity index (χ0v) is 15.8. The molecule has 1 aromatic carbocycles. The van der Waals surface area contributed by atoms with Gasteiger partial charge in [-0.05, 0) is 32.0 Å². The summed E-state index contributed by atoms with van der Waals surface area (Å²) in [7, 11) is 0. The van der Waals surface area contributed by atoms with E-state index in [1.807, 2.05) is 13.8 Å². The van der Waals surface area contributed by atoms with Crippen molar-refractivity contribution in [1.82, 2.24) is 14.7 Å². The van der Waals surface area contributed by atoms with Gasteiger partial charge in [0, 0.05) is 24.3 Å². The monoisotopic (exact) mass is 396 g/mol. The maximum absolute atomic E-state index is 12.4. The largest absolute Gasteiger partial charge is 0.339 e. The van der Waals surface area contributed by atoms with Gasteiger partial charge >= 0.3 is 0 Å². The zero-order valence-electron chi connectivity index (χ0n) is 14.3. The van der Waals surface area contributed by atoms with E-state index < -0.39 is 11.5 Å². The standard InChI is InChI=1S/C17H18Cl2N4O3/c1-3-22(4-2)16(25)11-6-5-7-12(8-11)21-14(24)10-23-17(26)15(19)13(18)9-20-23/h5-9H,3-4,10H2,1-2H3,(H,21,24). The number of nitrogens with zero attached hydrogens (tertiary/aromatic N) is 3. The number of halogens is 2. The van der Waals surface area contributed by atoms with Gasteiger partial charge in [-0.1, -0.05) is 29.3 Å². The Balaban J connectivity index is 2.13. The average molecular weight is 397 g/mol. The Bertz CT molecular complexity index is 879. The second kappa shape index (κ2) is 8.82. The number of rotatable bonds is 6. The fourth-order valence-electron chi connectivity index (χ4n) is 2.32. The number of anilines is 1. The second-order valence-electron chi connectivity index (χ2n) is 5.38.